The van der Waals surface area contributed by atoms with Crippen molar-refractivity contribution in [3.8, 4) is 10.6 Å². The number of carbonyl (C=O) groups is 2. The molecule has 0 saturated carbocycles. The number of nitrogens with zero attached hydrogens (tertiary/aromatic N) is 1. The quantitative estimate of drug-likeness (QED) is 0.575. The topological polar surface area (TPSA) is 71.1 Å². The summed E-state index contributed by atoms with van der Waals surface area (Å²) in [7, 11) is 0. The van der Waals surface area contributed by atoms with Gasteiger partial charge in [0.25, 0.3) is 0 Å². The molecule has 2 amide bonds. The monoisotopic (exact) mass is 439 g/mol. The zero-order valence-electron chi connectivity index (χ0n) is 17.2. The van der Waals surface area contributed by atoms with E-state index in [1.165, 1.54) is 42.2 Å². The SMILES string of the molecule is CC(=O)NCc1ccc(-c2nc(NC(=O)Cc3ccc4c(c3)CCCC4)sc2C)s1. The second-order valence-corrected chi connectivity index (χ2v) is 10.0. The second-order valence-electron chi connectivity index (χ2n) is 7.63. The normalized spacial score (nSPS) is 13.0. The fraction of sp³-hybridized carbons (Fsp3) is 0.348. The van der Waals surface area contributed by atoms with Gasteiger partial charge in [-0.1, -0.05) is 18.2 Å². The molecule has 1 aliphatic carbocycles. The van der Waals surface area contributed by atoms with Crippen LogP contribution in [-0.2, 0) is 35.4 Å². The van der Waals surface area contributed by atoms with Gasteiger partial charge in [0.15, 0.2) is 5.13 Å². The molecular weight excluding hydrogens is 414 g/mol. The minimum atomic E-state index is -0.0429. The number of aromatic nitrogens is 1. The first-order chi connectivity index (χ1) is 14.5. The number of fused-ring (bicyclic) bond motifs is 1. The molecule has 2 N–H and O–H groups in total. The van der Waals surface area contributed by atoms with Crippen molar-refractivity contribution >= 4 is 39.6 Å². The van der Waals surface area contributed by atoms with Crippen molar-refractivity contribution < 1.29 is 9.59 Å². The van der Waals surface area contributed by atoms with Crippen LogP contribution in [-0.4, -0.2) is 16.8 Å². The average molecular weight is 440 g/mol. The second kappa shape index (κ2) is 9.10. The standard InChI is InChI=1S/C23H25N3O2S2/c1-14-22(20-10-9-19(30-20)13-24-15(2)27)26-23(29-14)25-21(28)12-16-7-8-17-5-3-4-6-18(17)11-16/h7-11H,3-6,12-13H2,1-2H3,(H,24,27)(H,25,26,28). The number of thiophene rings is 1. The van der Waals surface area contributed by atoms with E-state index in [0.717, 1.165) is 38.7 Å². The van der Waals surface area contributed by atoms with Crippen LogP contribution in [0.4, 0.5) is 5.13 Å². The third-order valence-corrected chi connectivity index (χ3v) is 7.21. The van der Waals surface area contributed by atoms with Crippen LogP contribution in [0, 0.1) is 6.92 Å². The zero-order valence-corrected chi connectivity index (χ0v) is 18.8. The number of nitrogens with one attached hydrogen (secondary N) is 2. The van der Waals surface area contributed by atoms with Gasteiger partial charge in [0, 0.05) is 16.7 Å². The molecule has 0 bridgehead atoms. The highest BCUT2D eigenvalue weighted by atomic mass is 32.1. The molecule has 0 saturated heterocycles. The Morgan fingerprint density at radius 3 is 2.67 bits per heavy atom. The molecule has 0 atom stereocenters. The molecule has 0 aliphatic heterocycles. The van der Waals surface area contributed by atoms with Crippen LogP contribution in [0.25, 0.3) is 10.6 Å². The Morgan fingerprint density at radius 1 is 1.07 bits per heavy atom. The number of amides is 2. The highest BCUT2D eigenvalue weighted by molar-refractivity contribution is 7.18. The highest BCUT2D eigenvalue weighted by Crippen LogP contribution is 2.34. The van der Waals surface area contributed by atoms with Gasteiger partial charge in [-0.2, -0.15) is 0 Å². The number of anilines is 1. The van der Waals surface area contributed by atoms with Crippen LogP contribution in [0.5, 0.6) is 0 Å². The number of hydrogen-bond acceptors (Lipinski definition) is 5. The Bertz CT molecular complexity index is 1080. The van der Waals surface area contributed by atoms with E-state index in [1.807, 2.05) is 19.1 Å². The van der Waals surface area contributed by atoms with E-state index in [-0.39, 0.29) is 11.8 Å². The lowest BCUT2D eigenvalue weighted by Crippen LogP contribution is -2.17. The van der Waals surface area contributed by atoms with Gasteiger partial charge in [0.05, 0.1) is 23.5 Å². The molecule has 1 aromatic carbocycles. The van der Waals surface area contributed by atoms with Crippen LogP contribution >= 0.6 is 22.7 Å². The van der Waals surface area contributed by atoms with Crippen molar-refractivity contribution in [2.45, 2.75) is 52.5 Å². The summed E-state index contributed by atoms with van der Waals surface area (Å²) >= 11 is 3.10. The molecule has 5 nitrogen and oxygen atoms in total. The van der Waals surface area contributed by atoms with Gasteiger partial charge in [-0.05, 0) is 61.4 Å². The van der Waals surface area contributed by atoms with Gasteiger partial charge in [-0.15, -0.1) is 22.7 Å². The number of benzene rings is 1. The predicted octanol–water partition coefficient (Wildman–Crippen LogP) is 4.88. The summed E-state index contributed by atoms with van der Waals surface area (Å²) in [4.78, 5) is 31.5. The molecule has 0 spiro atoms. The first kappa shape index (κ1) is 20.8. The fourth-order valence-electron chi connectivity index (χ4n) is 3.74. The summed E-state index contributed by atoms with van der Waals surface area (Å²) in [5.41, 5.74) is 4.77. The molecule has 0 radical (unpaired) electrons. The van der Waals surface area contributed by atoms with Gasteiger partial charge < -0.3 is 10.6 Å². The van der Waals surface area contributed by atoms with Crippen LogP contribution in [0.1, 0.15) is 46.2 Å². The van der Waals surface area contributed by atoms with Crippen molar-refractivity contribution in [3.63, 3.8) is 0 Å². The Kier molecular flexibility index (Phi) is 6.29. The highest BCUT2D eigenvalue weighted by Gasteiger charge is 2.15. The molecule has 1 aliphatic rings. The fourth-order valence-corrected chi connectivity index (χ4v) is 5.64. The van der Waals surface area contributed by atoms with Gasteiger partial charge in [-0.3, -0.25) is 9.59 Å². The summed E-state index contributed by atoms with van der Waals surface area (Å²) in [5.74, 6) is -0.0812. The molecule has 0 fully saturated rings. The third kappa shape index (κ3) is 4.96. The van der Waals surface area contributed by atoms with Gasteiger partial charge >= 0.3 is 0 Å². The molecule has 0 unspecified atom stereocenters. The molecule has 156 valence electrons. The molecule has 4 rings (SSSR count). The van der Waals surface area contributed by atoms with E-state index in [1.54, 1.807) is 11.3 Å². The summed E-state index contributed by atoms with van der Waals surface area (Å²) in [6.45, 7) is 4.05. The number of aryl methyl sites for hydroxylation is 3. The summed E-state index contributed by atoms with van der Waals surface area (Å²) in [6.07, 6.45) is 5.13. The molecule has 30 heavy (non-hydrogen) atoms. The molecule has 2 heterocycles. The van der Waals surface area contributed by atoms with E-state index in [2.05, 4.69) is 33.8 Å². The smallest absolute Gasteiger partial charge is 0.230 e. The van der Waals surface area contributed by atoms with Gasteiger partial charge in [0.2, 0.25) is 11.8 Å². The van der Waals surface area contributed by atoms with E-state index in [9.17, 15) is 9.59 Å². The Balaban J connectivity index is 1.41. The maximum Gasteiger partial charge on any atom is 0.230 e. The maximum absolute atomic E-state index is 12.6. The Labute approximate surface area is 184 Å². The van der Waals surface area contributed by atoms with Crippen LogP contribution in [0.3, 0.4) is 0 Å². The summed E-state index contributed by atoms with van der Waals surface area (Å²) in [6, 6.07) is 10.5. The van der Waals surface area contributed by atoms with Crippen LogP contribution in [0.2, 0.25) is 0 Å². The molecule has 7 heteroatoms. The van der Waals surface area contributed by atoms with Crippen molar-refractivity contribution in [3.05, 3.63) is 56.8 Å². The molecule has 3 aromatic rings. The lowest BCUT2D eigenvalue weighted by atomic mass is 9.90. The number of hydrogen-bond donors (Lipinski definition) is 2. The van der Waals surface area contributed by atoms with Crippen molar-refractivity contribution in [2.24, 2.45) is 0 Å². The predicted molar refractivity (Wildman–Crippen MR) is 123 cm³/mol. The van der Waals surface area contributed by atoms with Crippen molar-refractivity contribution in [1.29, 1.82) is 0 Å². The average Bonchev–Trinajstić information content (AvgIpc) is 3.32. The Morgan fingerprint density at radius 2 is 1.87 bits per heavy atom. The number of thiazole rings is 1. The molecular formula is C23H25N3O2S2. The number of carbonyl (C=O) groups excluding carboxylic acids is 2. The van der Waals surface area contributed by atoms with Crippen LogP contribution in [0.15, 0.2) is 30.3 Å². The first-order valence-electron chi connectivity index (χ1n) is 10.2. The van der Waals surface area contributed by atoms with Crippen LogP contribution < -0.4 is 10.6 Å². The third-order valence-electron chi connectivity index (χ3n) is 5.23. The lowest BCUT2D eigenvalue weighted by molar-refractivity contribution is -0.119. The largest absolute Gasteiger partial charge is 0.351 e. The summed E-state index contributed by atoms with van der Waals surface area (Å²) in [5, 5.41) is 6.40. The van der Waals surface area contributed by atoms with E-state index in [4.69, 9.17) is 0 Å². The van der Waals surface area contributed by atoms with Gasteiger partial charge in [0.1, 0.15) is 0 Å². The lowest BCUT2D eigenvalue weighted by Gasteiger charge is -2.16. The number of rotatable bonds is 6. The zero-order chi connectivity index (χ0) is 21.1. The van der Waals surface area contributed by atoms with E-state index >= 15 is 0 Å². The van der Waals surface area contributed by atoms with Crippen molar-refractivity contribution in [2.75, 3.05) is 5.32 Å². The first-order valence-corrected chi connectivity index (χ1v) is 11.8. The minimum absolute atomic E-state index is 0.0383. The van der Waals surface area contributed by atoms with E-state index in [0.29, 0.717) is 18.1 Å². The summed E-state index contributed by atoms with van der Waals surface area (Å²) < 4.78 is 0. The Hall–Kier alpha value is -2.51. The van der Waals surface area contributed by atoms with Crippen molar-refractivity contribution in [1.82, 2.24) is 10.3 Å². The maximum atomic E-state index is 12.6. The molecule has 2 aromatic heterocycles. The minimum Gasteiger partial charge on any atom is -0.351 e. The van der Waals surface area contributed by atoms with Gasteiger partial charge in [-0.25, -0.2) is 4.98 Å². The van der Waals surface area contributed by atoms with E-state index < -0.39 is 0 Å².